The predicted octanol–water partition coefficient (Wildman–Crippen LogP) is 5.36. The highest BCUT2D eigenvalue weighted by atomic mass is 32.1. The Kier molecular flexibility index (Phi) is 5.62. The number of anilines is 1. The molecule has 0 aliphatic heterocycles. The Hall–Kier alpha value is -3.12. The first-order valence-electron chi connectivity index (χ1n) is 9.72. The van der Waals surface area contributed by atoms with Crippen molar-refractivity contribution in [3.05, 3.63) is 65.8 Å². The first kappa shape index (κ1) is 19.2. The molecule has 0 aliphatic carbocycles. The summed E-state index contributed by atoms with van der Waals surface area (Å²) in [4.78, 5) is 17.1. The van der Waals surface area contributed by atoms with Gasteiger partial charge in [-0.3, -0.25) is 4.79 Å². The number of aryl methyl sites for hydroxylation is 1. The Labute approximate surface area is 174 Å². The second-order valence-electron chi connectivity index (χ2n) is 6.70. The Bertz CT molecular complexity index is 1130. The molecule has 2 aromatic carbocycles. The number of aromatic nitrogens is 2. The van der Waals surface area contributed by atoms with Gasteiger partial charge in [0.1, 0.15) is 10.8 Å². The third kappa shape index (κ3) is 4.32. The molecule has 2 aromatic heterocycles. The fraction of sp³-hybridized carbons (Fsp3) is 0.217. The van der Waals surface area contributed by atoms with Crippen LogP contribution in [0, 0.1) is 0 Å². The van der Waals surface area contributed by atoms with Crippen molar-refractivity contribution in [2.24, 2.45) is 0 Å². The summed E-state index contributed by atoms with van der Waals surface area (Å²) in [7, 11) is 0. The summed E-state index contributed by atoms with van der Waals surface area (Å²) >= 11 is 1.54. The highest BCUT2D eigenvalue weighted by Crippen LogP contribution is 2.26. The van der Waals surface area contributed by atoms with Gasteiger partial charge in [0, 0.05) is 40.3 Å². The average molecular weight is 406 g/mol. The molecule has 6 heteroatoms. The van der Waals surface area contributed by atoms with Gasteiger partial charge < -0.3 is 14.6 Å². The summed E-state index contributed by atoms with van der Waals surface area (Å²) in [5.74, 6) is 0.779. The van der Waals surface area contributed by atoms with Crippen LogP contribution in [0.4, 0.5) is 5.69 Å². The van der Waals surface area contributed by atoms with E-state index in [-0.39, 0.29) is 12.3 Å². The van der Waals surface area contributed by atoms with E-state index >= 15 is 0 Å². The third-order valence-electron chi connectivity index (χ3n) is 4.70. The second-order valence-corrected chi connectivity index (χ2v) is 7.56. The van der Waals surface area contributed by atoms with Gasteiger partial charge in [-0.1, -0.05) is 0 Å². The average Bonchev–Trinajstić information content (AvgIpc) is 3.35. The van der Waals surface area contributed by atoms with Crippen LogP contribution in [0.15, 0.2) is 60.1 Å². The summed E-state index contributed by atoms with van der Waals surface area (Å²) in [5, 5.41) is 6.94. The van der Waals surface area contributed by atoms with Crippen LogP contribution < -0.4 is 10.1 Å². The maximum absolute atomic E-state index is 12.5. The van der Waals surface area contributed by atoms with Gasteiger partial charge >= 0.3 is 0 Å². The molecule has 29 heavy (non-hydrogen) atoms. The molecule has 2 heterocycles. The Morgan fingerprint density at radius 3 is 2.72 bits per heavy atom. The number of hydrogen-bond donors (Lipinski definition) is 1. The van der Waals surface area contributed by atoms with E-state index in [9.17, 15) is 4.79 Å². The Morgan fingerprint density at radius 1 is 1.14 bits per heavy atom. The minimum atomic E-state index is -0.0668. The lowest BCUT2D eigenvalue weighted by molar-refractivity contribution is -0.115. The molecular weight excluding hydrogens is 382 g/mol. The van der Waals surface area contributed by atoms with Crippen LogP contribution in [0.5, 0.6) is 5.75 Å². The number of nitrogens with zero attached hydrogens (tertiary/aromatic N) is 2. The fourth-order valence-electron chi connectivity index (χ4n) is 3.30. The predicted molar refractivity (Wildman–Crippen MR) is 119 cm³/mol. The van der Waals surface area contributed by atoms with Crippen molar-refractivity contribution >= 4 is 33.8 Å². The molecule has 5 nitrogen and oxygen atoms in total. The number of amides is 1. The molecule has 0 bridgehead atoms. The molecule has 0 unspecified atom stereocenters. The zero-order valence-electron chi connectivity index (χ0n) is 16.5. The monoisotopic (exact) mass is 405 g/mol. The number of hydrogen-bond acceptors (Lipinski definition) is 4. The first-order chi connectivity index (χ1) is 14.2. The van der Waals surface area contributed by atoms with E-state index in [0.717, 1.165) is 39.6 Å². The van der Waals surface area contributed by atoms with E-state index in [2.05, 4.69) is 34.1 Å². The molecule has 0 saturated heterocycles. The van der Waals surface area contributed by atoms with Crippen LogP contribution in [0.25, 0.3) is 21.5 Å². The topological polar surface area (TPSA) is 56.1 Å². The fourth-order valence-corrected chi connectivity index (χ4v) is 4.13. The molecule has 0 atom stereocenters. The van der Waals surface area contributed by atoms with Gasteiger partial charge in [0.2, 0.25) is 5.91 Å². The zero-order valence-corrected chi connectivity index (χ0v) is 17.3. The lowest BCUT2D eigenvalue weighted by Gasteiger charge is -2.06. The van der Waals surface area contributed by atoms with Crippen LogP contribution in [0.2, 0.25) is 0 Å². The lowest BCUT2D eigenvalue weighted by Crippen LogP contribution is -2.14. The minimum Gasteiger partial charge on any atom is -0.494 e. The molecule has 0 saturated carbocycles. The van der Waals surface area contributed by atoms with E-state index < -0.39 is 0 Å². The maximum Gasteiger partial charge on any atom is 0.230 e. The normalized spacial score (nSPS) is 11.0. The molecule has 4 rings (SSSR count). The number of fused-ring (bicyclic) bond motifs is 1. The molecule has 148 valence electrons. The molecule has 0 spiro atoms. The molecule has 1 N–H and O–H groups in total. The second kappa shape index (κ2) is 8.49. The number of nitrogens with one attached hydrogen (secondary N) is 1. The summed E-state index contributed by atoms with van der Waals surface area (Å²) in [6.45, 7) is 5.65. The number of thiazole rings is 1. The molecule has 0 fully saturated rings. The summed E-state index contributed by atoms with van der Waals surface area (Å²) in [6.07, 6.45) is 2.32. The summed E-state index contributed by atoms with van der Waals surface area (Å²) < 4.78 is 7.65. The van der Waals surface area contributed by atoms with E-state index in [1.165, 1.54) is 5.52 Å². The van der Waals surface area contributed by atoms with E-state index in [1.807, 2.05) is 54.8 Å². The molecule has 0 aliphatic rings. The van der Waals surface area contributed by atoms with Gasteiger partial charge in [-0.05, 0) is 62.4 Å². The molecule has 1 amide bonds. The van der Waals surface area contributed by atoms with Gasteiger partial charge in [-0.2, -0.15) is 0 Å². The Balaban J connectivity index is 1.41. The number of benzene rings is 2. The van der Waals surface area contributed by atoms with E-state index in [1.54, 1.807) is 11.3 Å². The SMILES string of the molecule is CCOc1ccc(-c2nc(CC(=O)Nc3ccc4c(ccn4CC)c3)cs2)cc1. The molecular formula is C23H23N3O2S. The van der Waals surface area contributed by atoms with Gasteiger partial charge in [0.05, 0.1) is 18.7 Å². The van der Waals surface area contributed by atoms with Gasteiger partial charge in [-0.15, -0.1) is 11.3 Å². The maximum atomic E-state index is 12.5. The highest BCUT2D eigenvalue weighted by Gasteiger charge is 2.10. The summed E-state index contributed by atoms with van der Waals surface area (Å²) in [6, 6.07) is 15.9. The van der Waals surface area contributed by atoms with Crippen molar-refractivity contribution in [2.45, 2.75) is 26.8 Å². The Morgan fingerprint density at radius 2 is 1.97 bits per heavy atom. The largest absolute Gasteiger partial charge is 0.494 e. The van der Waals surface area contributed by atoms with Crippen LogP contribution in [0.1, 0.15) is 19.5 Å². The number of carbonyl (C=O) groups excluding carboxylic acids is 1. The van der Waals surface area contributed by atoms with Crippen LogP contribution in [-0.4, -0.2) is 22.1 Å². The van der Waals surface area contributed by atoms with Gasteiger partial charge in [-0.25, -0.2) is 4.98 Å². The van der Waals surface area contributed by atoms with Crippen molar-refractivity contribution < 1.29 is 9.53 Å². The van der Waals surface area contributed by atoms with Crippen LogP contribution in [0.3, 0.4) is 0 Å². The van der Waals surface area contributed by atoms with E-state index in [4.69, 9.17) is 4.74 Å². The van der Waals surface area contributed by atoms with Crippen molar-refractivity contribution in [2.75, 3.05) is 11.9 Å². The van der Waals surface area contributed by atoms with Crippen molar-refractivity contribution in [1.82, 2.24) is 9.55 Å². The standard InChI is InChI=1S/C23H23N3O2S/c1-3-26-12-11-17-13-18(7-10-21(17)26)24-22(27)14-19-15-29-23(25-19)16-5-8-20(9-6-16)28-4-2/h5-13,15H,3-4,14H2,1-2H3,(H,24,27). The molecule has 4 aromatic rings. The number of carbonyl (C=O) groups is 1. The van der Waals surface area contributed by atoms with Crippen molar-refractivity contribution in [1.29, 1.82) is 0 Å². The van der Waals surface area contributed by atoms with Crippen molar-refractivity contribution in [3.8, 4) is 16.3 Å². The van der Waals surface area contributed by atoms with Crippen molar-refractivity contribution in [3.63, 3.8) is 0 Å². The van der Waals surface area contributed by atoms with Gasteiger partial charge in [0.15, 0.2) is 0 Å². The molecule has 0 radical (unpaired) electrons. The number of ether oxygens (including phenoxy) is 1. The smallest absolute Gasteiger partial charge is 0.230 e. The van der Waals surface area contributed by atoms with Gasteiger partial charge in [0.25, 0.3) is 0 Å². The van der Waals surface area contributed by atoms with Crippen LogP contribution >= 0.6 is 11.3 Å². The first-order valence-corrected chi connectivity index (χ1v) is 10.6. The highest BCUT2D eigenvalue weighted by molar-refractivity contribution is 7.13. The quantitative estimate of drug-likeness (QED) is 0.450. The number of rotatable bonds is 7. The third-order valence-corrected chi connectivity index (χ3v) is 5.64. The minimum absolute atomic E-state index is 0.0668. The zero-order chi connectivity index (χ0) is 20.2. The van der Waals surface area contributed by atoms with E-state index in [0.29, 0.717) is 6.61 Å². The van der Waals surface area contributed by atoms with Crippen LogP contribution in [-0.2, 0) is 17.8 Å². The summed E-state index contributed by atoms with van der Waals surface area (Å²) in [5.41, 5.74) is 3.77. The lowest BCUT2D eigenvalue weighted by atomic mass is 10.2.